The second kappa shape index (κ2) is 7.19. The van der Waals surface area contributed by atoms with Crippen LogP contribution < -0.4 is 5.73 Å². The third-order valence-corrected chi connectivity index (χ3v) is 4.03. The molecular weight excluding hydrogens is 282 g/mol. The summed E-state index contributed by atoms with van der Waals surface area (Å²) in [7, 11) is 0. The standard InChI is InChI=1S/C17H20ClN3/c1-2-3-4-9-17-16(20)10-14(11-19)21(17)12-13-7-5-6-8-15(13)18/h5-8,10H,2-4,9,12,20H2,1H3. The van der Waals surface area contributed by atoms with Crippen LogP contribution in [0.25, 0.3) is 0 Å². The van der Waals surface area contributed by atoms with E-state index >= 15 is 0 Å². The first-order chi connectivity index (χ1) is 10.2. The summed E-state index contributed by atoms with van der Waals surface area (Å²) in [5.74, 6) is 0. The Morgan fingerprint density at radius 1 is 1.29 bits per heavy atom. The van der Waals surface area contributed by atoms with Crippen LogP contribution in [0.4, 0.5) is 5.69 Å². The van der Waals surface area contributed by atoms with Crippen molar-refractivity contribution >= 4 is 17.3 Å². The van der Waals surface area contributed by atoms with E-state index in [-0.39, 0.29) is 0 Å². The van der Waals surface area contributed by atoms with Crippen molar-refractivity contribution in [3.8, 4) is 6.07 Å². The van der Waals surface area contributed by atoms with Gasteiger partial charge in [-0.3, -0.25) is 0 Å². The highest BCUT2D eigenvalue weighted by atomic mass is 35.5. The summed E-state index contributed by atoms with van der Waals surface area (Å²) in [5, 5.41) is 10.0. The first-order valence-electron chi connectivity index (χ1n) is 7.28. The third-order valence-electron chi connectivity index (χ3n) is 3.66. The quantitative estimate of drug-likeness (QED) is 0.805. The number of aromatic nitrogens is 1. The molecule has 0 fully saturated rings. The van der Waals surface area contributed by atoms with Crippen molar-refractivity contribution in [2.45, 2.75) is 39.2 Å². The van der Waals surface area contributed by atoms with Crippen LogP contribution in [0.5, 0.6) is 0 Å². The van der Waals surface area contributed by atoms with Gasteiger partial charge >= 0.3 is 0 Å². The number of anilines is 1. The number of nitrogens with two attached hydrogens (primary N) is 1. The molecule has 2 aromatic rings. The molecule has 21 heavy (non-hydrogen) atoms. The lowest BCUT2D eigenvalue weighted by atomic mass is 10.1. The molecular formula is C17H20ClN3. The van der Waals surface area contributed by atoms with Gasteiger partial charge in [-0.05, 0) is 30.5 Å². The Morgan fingerprint density at radius 2 is 2.05 bits per heavy atom. The Bertz CT molecular complexity index is 653. The minimum atomic E-state index is 0.585. The molecule has 0 aliphatic rings. The molecule has 2 N–H and O–H groups in total. The monoisotopic (exact) mass is 301 g/mol. The fourth-order valence-corrected chi connectivity index (χ4v) is 2.70. The second-order valence-corrected chi connectivity index (χ2v) is 5.59. The summed E-state index contributed by atoms with van der Waals surface area (Å²) in [4.78, 5) is 0. The molecule has 0 unspecified atom stereocenters. The summed E-state index contributed by atoms with van der Waals surface area (Å²) in [6, 6.07) is 11.7. The molecule has 2 rings (SSSR count). The smallest absolute Gasteiger partial charge is 0.122 e. The minimum Gasteiger partial charge on any atom is -0.397 e. The average Bonchev–Trinajstić information content (AvgIpc) is 2.78. The molecule has 0 bridgehead atoms. The van der Waals surface area contributed by atoms with Crippen LogP contribution in [-0.4, -0.2) is 4.57 Å². The van der Waals surface area contributed by atoms with Crippen molar-refractivity contribution in [1.82, 2.24) is 4.57 Å². The van der Waals surface area contributed by atoms with E-state index < -0.39 is 0 Å². The van der Waals surface area contributed by atoms with Gasteiger partial charge in [0.05, 0.1) is 12.2 Å². The van der Waals surface area contributed by atoms with E-state index in [9.17, 15) is 5.26 Å². The van der Waals surface area contributed by atoms with E-state index in [1.807, 2.05) is 28.8 Å². The van der Waals surface area contributed by atoms with Gasteiger partial charge in [0.2, 0.25) is 0 Å². The molecule has 4 heteroatoms. The summed E-state index contributed by atoms with van der Waals surface area (Å²) in [5.41, 5.74) is 9.43. The van der Waals surface area contributed by atoms with Crippen LogP contribution in [0.3, 0.4) is 0 Å². The first kappa shape index (κ1) is 15.5. The van der Waals surface area contributed by atoms with Crippen LogP contribution in [0.2, 0.25) is 5.02 Å². The molecule has 1 aromatic heterocycles. The Morgan fingerprint density at radius 3 is 2.71 bits per heavy atom. The van der Waals surface area contributed by atoms with Gasteiger partial charge in [0.15, 0.2) is 0 Å². The van der Waals surface area contributed by atoms with Gasteiger partial charge in [-0.1, -0.05) is 49.6 Å². The average molecular weight is 302 g/mol. The van der Waals surface area contributed by atoms with E-state index in [0.29, 0.717) is 22.9 Å². The summed E-state index contributed by atoms with van der Waals surface area (Å²) in [6.07, 6.45) is 4.30. The number of hydrogen-bond donors (Lipinski definition) is 1. The van der Waals surface area contributed by atoms with Gasteiger partial charge in [0, 0.05) is 10.7 Å². The summed E-state index contributed by atoms with van der Waals surface area (Å²) in [6.45, 7) is 2.76. The molecule has 0 radical (unpaired) electrons. The molecule has 0 spiro atoms. The van der Waals surface area contributed by atoms with Crippen LogP contribution in [0, 0.1) is 11.3 Å². The van der Waals surface area contributed by atoms with Gasteiger partial charge in [-0.2, -0.15) is 5.26 Å². The maximum atomic E-state index is 9.32. The Labute approximate surface area is 130 Å². The number of hydrogen-bond acceptors (Lipinski definition) is 2. The zero-order valence-electron chi connectivity index (χ0n) is 12.3. The molecule has 0 atom stereocenters. The molecule has 1 heterocycles. The number of benzene rings is 1. The van der Waals surface area contributed by atoms with Crippen LogP contribution >= 0.6 is 11.6 Å². The number of rotatable bonds is 6. The molecule has 0 aliphatic carbocycles. The number of nitrogen functional groups attached to an aromatic ring is 1. The maximum Gasteiger partial charge on any atom is 0.122 e. The highest BCUT2D eigenvalue weighted by molar-refractivity contribution is 6.31. The number of halogens is 1. The molecule has 1 aromatic carbocycles. The minimum absolute atomic E-state index is 0.585. The molecule has 0 saturated heterocycles. The first-order valence-corrected chi connectivity index (χ1v) is 7.66. The van der Waals surface area contributed by atoms with Crippen molar-refractivity contribution in [3.05, 3.63) is 52.3 Å². The Hall–Kier alpha value is -1.92. The van der Waals surface area contributed by atoms with Gasteiger partial charge in [-0.25, -0.2) is 0 Å². The van der Waals surface area contributed by atoms with Crippen molar-refractivity contribution in [3.63, 3.8) is 0 Å². The molecule has 0 amide bonds. The molecule has 0 aliphatic heterocycles. The third kappa shape index (κ3) is 3.59. The van der Waals surface area contributed by atoms with Gasteiger partial charge in [-0.15, -0.1) is 0 Å². The van der Waals surface area contributed by atoms with E-state index in [4.69, 9.17) is 17.3 Å². The highest BCUT2D eigenvalue weighted by Gasteiger charge is 2.14. The fraction of sp³-hybridized carbons (Fsp3) is 0.353. The van der Waals surface area contributed by atoms with Crippen molar-refractivity contribution in [2.75, 3.05) is 5.73 Å². The van der Waals surface area contributed by atoms with Crippen molar-refractivity contribution in [1.29, 1.82) is 5.26 Å². The Kier molecular flexibility index (Phi) is 5.30. The largest absolute Gasteiger partial charge is 0.397 e. The van der Waals surface area contributed by atoms with E-state index in [2.05, 4.69) is 13.0 Å². The SMILES string of the molecule is CCCCCc1c(N)cc(C#N)n1Cc1ccccc1Cl. The lowest BCUT2D eigenvalue weighted by molar-refractivity contribution is 0.665. The highest BCUT2D eigenvalue weighted by Crippen LogP contribution is 2.24. The predicted octanol–water partition coefficient (Wildman–Crippen LogP) is 4.38. The van der Waals surface area contributed by atoms with Crippen molar-refractivity contribution < 1.29 is 0 Å². The van der Waals surface area contributed by atoms with Crippen LogP contribution in [0.1, 0.15) is 43.1 Å². The predicted molar refractivity (Wildman–Crippen MR) is 87.3 cm³/mol. The van der Waals surface area contributed by atoms with E-state index in [1.54, 1.807) is 6.07 Å². The van der Waals surface area contributed by atoms with Crippen LogP contribution in [0.15, 0.2) is 30.3 Å². The van der Waals surface area contributed by atoms with Gasteiger partial charge < -0.3 is 10.3 Å². The Balaban J connectivity index is 2.32. The molecule has 110 valence electrons. The molecule has 3 nitrogen and oxygen atoms in total. The number of unbranched alkanes of at least 4 members (excludes halogenated alkanes) is 2. The lowest BCUT2D eigenvalue weighted by Gasteiger charge is -2.12. The van der Waals surface area contributed by atoms with E-state index in [0.717, 1.165) is 30.5 Å². The van der Waals surface area contributed by atoms with Gasteiger partial charge in [0.25, 0.3) is 0 Å². The van der Waals surface area contributed by atoms with E-state index in [1.165, 1.54) is 6.42 Å². The lowest BCUT2D eigenvalue weighted by Crippen LogP contribution is -2.08. The number of nitriles is 1. The zero-order chi connectivity index (χ0) is 15.2. The molecule has 0 saturated carbocycles. The van der Waals surface area contributed by atoms with Gasteiger partial charge in [0.1, 0.15) is 11.8 Å². The zero-order valence-corrected chi connectivity index (χ0v) is 13.0. The summed E-state index contributed by atoms with van der Waals surface area (Å²) >= 11 is 6.23. The fourth-order valence-electron chi connectivity index (χ4n) is 2.50. The summed E-state index contributed by atoms with van der Waals surface area (Å²) < 4.78 is 1.99. The normalized spacial score (nSPS) is 10.5. The number of nitrogens with zero attached hydrogens (tertiary/aromatic N) is 2. The topological polar surface area (TPSA) is 54.7 Å². The van der Waals surface area contributed by atoms with Crippen LogP contribution in [-0.2, 0) is 13.0 Å². The second-order valence-electron chi connectivity index (χ2n) is 5.18. The van der Waals surface area contributed by atoms with Crippen molar-refractivity contribution in [2.24, 2.45) is 0 Å². The maximum absolute atomic E-state index is 9.32.